The van der Waals surface area contributed by atoms with Crippen molar-refractivity contribution in [3.8, 4) is 0 Å². The molecule has 12 heteroatoms. The number of aliphatic hydroxyl groups excluding tert-OH is 2. The van der Waals surface area contributed by atoms with Crippen LogP contribution in [0.25, 0.3) is 0 Å². The monoisotopic (exact) mass is 865 g/mol. The van der Waals surface area contributed by atoms with Crippen molar-refractivity contribution < 1.29 is 52.3 Å². The molecular weight excluding hydrogens is 781 g/mol. The molecule has 0 rings (SSSR count). The third-order valence-electron chi connectivity index (χ3n) is 9.10. The van der Waals surface area contributed by atoms with E-state index in [9.17, 15) is 29.3 Å². The Bertz CT molecular complexity index is 1330. The van der Waals surface area contributed by atoms with E-state index in [1.807, 2.05) is 39.4 Å². The van der Waals surface area contributed by atoms with Gasteiger partial charge in [-0.3, -0.25) is 18.6 Å². The zero-order chi connectivity index (χ0) is 44.6. The topological polar surface area (TPSA) is 149 Å². The van der Waals surface area contributed by atoms with E-state index in [1.165, 1.54) is 38.5 Å². The Morgan fingerprint density at radius 1 is 0.583 bits per heavy atom. The summed E-state index contributed by atoms with van der Waals surface area (Å²) in [6.07, 6.45) is 42.4. The number of ether oxygens (including phenoxy) is 2. The number of nitrogens with zero attached hydrogens (tertiary/aromatic N) is 1. The number of likely N-dealkylation sites (N-methyl/N-ethyl adjacent to an activating group) is 1. The van der Waals surface area contributed by atoms with Gasteiger partial charge in [0.25, 0.3) is 0 Å². The molecule has 0 aromatic heterocycles. The maximum Gasteiger partial charge on any atom is 0.472 e. The highest BCUT2D eigenvalue weighted by atomic mass is 31.2. The van der Waals surface area contributed by atoms with Crippen molar-refractivity contribution in [3.63, 3.8) is 0 Å². The zero-order valence-electron chi connectivity index (χ0n) is 37.9. The van der Waals surface area contributed by atoms with Gasteiger partial charge in [0.05, 0.1) is 40.0 Å². The highest BCUT2D eigenvalue weighted by Gasteiger charge is 2.27. The highest BCUT2D eigenvalue weighted by molar-refractivity contribution is 7.47. The minimum absolute atomic E-state index is 0.0334. The maximum absolute atomic E-state index is 12.7. The van der Waals surface area contributed by atoms with Gasteiger partial charge in [0.2, 0.25) is 0 Å². The lowest BCUT2D eigenvalue weighted by atomic mass is 10.0. The molecule has 0 radical (unpaired) electrons. The normalized spacial score (nSPS) is 15.4. The quantitative estimate of drug-likeness (QED) is 0.0179. The number of unbranched alkanes of at least 4 members (excludes halogenated alkanes) is 7. The molecule has 0 spiro atoms. The summed E-state index contributed by atoms with van der Waals surface area (Å²) in [5.74, 6) is -1.16. The summed E-state index contributed by atoms with van der Waals surface area (Å²) in [6.45, 7) is 3.94. The maximum atomic E-state index is 12.7. The lowest BCUT2D eigenvalue weighted by molar-refractivity contribution is -0.870. The first-order valence-electron chi connectivity index (χ1n) is 22.5. The molecule has 60 heavy (non-hydrogen) atoms. The summed E-state index contributed by atoms with van der Waals surface area (Å²) in [6, 6.07) is 0. The summed E-state index contributed by atoms with van der Waals surface area (Å²) < 4.78 is 34.0. The van der Waals surface area contributed by atoms with Gasteiger partial charge < -0.3 is 29.1 Å². The van der Waals surface area contributed by atoms with Gasteiger partial charge in [-0.05, 0) is 89.9 Å². The van der Waals surface area contributed by atoms with Crippen molar-refractivity contribution >= 4 is 19.8 Å². The number of hydrogen-bond donors (Lipinski definition) is 3. The molecule has 11 nitrogen and oxygen atoms in total. The van der Waals surface area contributed by atoms with Crippen LogP contribution in [-0.2, 0) is 32.7 Å². The number of carbonyl (C=O) groups is 2. The van der Waals surface area contributed by atoms with E-state index < -0.39 is 44.7 Å². The fourth-order valence-corrected chi connectivity index (χ4v) is 6.14. The third-order valence-corrected chi connectivity index (χ3v) is 10.1. The first kappa shape index (κ1) is 57.1. The summed E-state index contributed by atoms with van der Waals surface area (Å²) in [7, 11) is 1.26. The minimum Gasteiger partial charge on any atom is -0.462 e. The number of phosphoric ester groups is 1. The standard InChI is InChI=1S/C48H82NO10P/c1-6-8-10-12-14-16-18-20-21-22-23-24-26-28-30-32-34-38-47(52)56-42-44(43-58-60(54,55)57-41-40-49(3,4)5)59-48(53)39-35-37-46(51)45(50)36-33-31-29-27-25-19-17-15-13-11-9-7-2/h14-17,20-21,23-25,27-28,30-31,33,44-46,50-51H,6-13,18-19,22,26,29,32,34-43H2,1-5H3/p+1/b16-14-,17-15-,21-20-,24-23-,27-25-,30-28-,33-31-/t44-,45?,46?/m1/s1. The van der Waals surface area contributed by atoms with Crippen LogP contribution in [0, 0.1) is 0 Å². The Balaban J connectivity index is 4.71. The molecule has 0 aliphatic heterocycles. The number of carbonyl (C=O) groups excluding carboxylic acids is 2. The Morgan fingerprint density at radius 3 is 1.55 bits per heavy atom. The molecule has 0 heterocycles. The van der Waals surface area contributed by atoms with Crippen LogP contribution >= 0.6 is 7.82 Å². The van der Waals surface area contributed by atoms with Gasteiger partial charge >= 0.3 is 19.8 Å². The van der Waals surface area contributed by atoms with E-state index in [1.54, 1.807) is 0 Å². The predicted molar refractivity (Wildman–Crippen MR) is 245 cm³/mol. The van der Waals surface area contributed by atoms with Crippen molar-refractivity contribution in [1.29, 1.82) is 0 Å². The Hall–Kier alpha value is -2.89. The van der Waals surface area contributed by atoms with Crippen molar-refractivity contribution in [3.05, 3.63) is 85.1 Å². The van der Waals surface area contributed by atoms with E-state index in [-0.39, 0.29) is 45.3 Å². The Labute approximate surface area is 364 Å². The predicted octanol–water partition coefficient (Wildman–Crippen LogP) is 10.7. The van der Waals surface area contributed by atoms with Crippen LogP contribution in [0.15, 0.2) is 85.1 Å². The Kier molecular flexibility index (Phi) is 37.1. The SMILES string of the molecule is CCCCC/C=C\C/C=C\C/C=C\C/C=C\CCCC(=O)OC[C@H](COP(=O)(O)OCC[N+](C)(C)C)OC(=O)CCCC(O)C(O)C/C=C\C/C=C\C/C=C\CCCCC. The van der Waals surface area contributed by atoms with Crippen LogP contribution in [0.3, 0.4) is 0 Å². The van der Waals surface area contributed by atoms with Gasteiger partial charge in [0.15, 0.2) is 6.10 Å². The number of aliphatic hydroxyl groups is 2. The highest BCUT2D eigenvalue weighted by Crippen LogP contribution is 2.43. The number of allylic oxidation sites excluding steroid dienone is 13. The van der Waals surface area contributed by atoms with E-state index in [0.29, 0.717) is 23.9 Å². The van der Waals surface area contributed by atoms with E-state index in [0.717, 1.165) is 44.9 Å². The van der Waals surface area contributed by atoms with Crippen LogP contribution in [0.2, 0.25) is 0 Å². The zero-order valence-corrected chi connectivity index (χ0v) is 38.8. The molecule has 0 aromatic carbocycles. The Morgan fingerprint density at radius 2 is 1.05 bits per heavy atom. The largest absolute Gasteiger partial charge is 0.472 e. The molecule has 0 aromatic rings. The molecule has 344 valence electrons. The van der Waals surface area contributed by atoms with Gasteiger partial charge in [0.1, 0.15) is 19.8 Å². The van der Waals surface area contributed by atoms with Crippen LogP contribution in [0.4, 0.5) is 0 Å². The smallest absolute Gasteiger partial charge is 0.462 e. The van der Waals surface area contributed by atoms with Crippen LogP contribution in [0.5, 0.6) is 0 Å². The lowest BCUT2D eigenvalue weighted by Gasteiger charge is -2.24. The second kappa shape index (κ2) is 39.0. The molecule has 0 amide bonds. The molecule has 3 unspecified atom stereocenters. The molecule has 0 aliphatic rings. The molecule has 0 fully saturated rings. The molecule has 3 N–H and O–H groups in total. The second-order valence-electron chi connectivity index (χ2n) is 16.0. The average molecular weight is 865 g/mol. The number of esters is 2. The van der Waals surface area contributed by atoms with E-state index in [2.05, 4.69) is 80.7 Å². The second-order valence-corrected chi connectivity index (χ2v) is 17.5. The summed E-state index contributed by atoms with van der Waals surface area (Å²) in [4.78, 5) is 35.4. The van der Waals surface area contributed by atoms with Gasteiger partial charge in [-0.1, -0.05) is 125 Å². The van der Waals surface area contributed by atoms with Gasteiger partial charge in [0, 0.05) is 12.8 Å². The lowest BCUT2D eigenvalue weighted by Crippen LogP contribution is -2.37. The molecule has 0 bridgehead atoms. The third kappa shape index (κ3) is 40.5. The van der Waals surface area contributed by atoms with E-state index >= 15 is 0 Å². The van der Waals surface area contributed by atoms with Crippen LogP contribution < -0.4 is 0 Å². The fraction of sp³-hybridized carbons (Fsp3) is 0.667. The fourth-order valence-electron chi connectivity index (χ4n) is 5.40. The summed E-state index contributed by atoms with van der Waals surface area (Å²) in [5, 5.41) is 20.8. The molecule has 0 saturated heterocycles. The van der Waals surface area contributed by atoms with Crippen LogP contribution in [-0.4, -0.2) is 97.3 Å². The minimum atomic E-state index is -4.48. The number of phosphoric acid groups is 1. The number of rotatable bonds is 39. The number of hydrogen-bond acceptors (Lipinski definition) is 9. The van der Waals surface area contributed by atoms with E-state index in [4.69, 9.17) is 18.5 Å². The van der Waals surface area contributed by atoms with Crippen molar-refractivity contribution in [2.45, 2.75) is 161 Å². The average Bonchev–Trinajstić information content (AvgIpc) is 3.19. The number of quaternary nitrogens is 1. The van der Waals surface area contributed by atoms with Gasteiger partial charge in [-0.15, -0.1) is 0 Å². The summed E-state index contributed by atoms with van der Waals surface area (Å²) in [5.41, 5.74) is 0. The van der Waals surface area contributed by atoms with Gasteiger partial charge in [-0.25, -0.2) is 4.57 Å². The van der Waals surface area contributed by atoms with Crippen LogP contribution in [0.1, 0.15) is 142 Å². The molecular formula is C48H83NO10P+. The van der Waals surface area contributed by atoms with Crippen molar-refractivity contribution in [2.24, 2.45) is 0 Å². The molecule has 0 aliphatic carbocycles. The first-order chi connectivity index (χ1) is 28.8. The first-order valence-corrected chi connectivity index (χ1v) is 24.0. The molecule has 4 atom stereocenters. The van der Waals surface area contributed by atoms with Crippen molar-refractivity contribution in [1.82, 2.24) is 0 Å². The van der Waals surface area contributed by atoms with Gasteiger partial charge in [-0.2, -0.15) is 0 Å². The van der Waals surface area contributed by atoms with Crippen molar-refractivity contribution in [2.75, 3.05) is 47.5 Å². The summed E-state index contributed by atoms with van der Waals surface area (Å²) >= 11 is 0. The molecule has 0 saturated carbocycles.